The second kappa shape index (κ2) is 6.47. The fourth-order valence-corrected chi connectivity index (χ4v) is 0.371. The largest absolute Gasteiger partial charge is 0.396 e. The molecule has 0 unspecified atom stereocenters. The average Bonchev–Trinajstić information content (AvgIpc) is 1.89. The topological polar surface area (TPSA) is 70.6 Å². The lowest BCUT2D eigenvalue weighted by Gasteiger charge is -2.03. The van der Waals surface area contributed by atoms with Crippen molar-refractivity contribution in [2.45, 2.75) is 6.42 Å². The van der Waals surface area contributed by atoms with Crippen LogP contribution in [0.15, 0.2) is 0 Å². The molecule has 0 aromatic heterocycles. The fourth-order valence-electron chi connectivity index (χ4n) is 0.371. The van der Waals surface area contributed by atoms with E-state index in [4.69, 9.17) is 5.11 Å². The van der Waals surface area contributed by atoms with Crippen LogP contribution in [-0.2, 0) is 9.53 Å². The minimum Gasteiger partial charge on any atom is -0.396 e. The zero-order valence-corrected chi connectivity index (χ0v) is 5.89. The van der Waals surface area contributed by atoms with Gasteiger partial charge in [-0.15, -0.1) is 0 Å². The van der Waals surface area contributed by atoms with Crippen molar-refractivity contribution in [3.05, 3.63) is 0 Å². The molecule has 0 spiro atoms. The number of carbonyl (C=O) groups is 1. The molecule has 0 radical (unpaired) electrons. The van der Waals surface area contributed by atoms with Crippen LogP contribution in [0.4, 0.5) is 0 Å². The molecule has 10 heavy (non-hydrogen) atoms. The minimum atomic E-state index is -0.250. The smallest absolute Gasteiger partial charge is 0.236 e. The normalized spacial score (nSPS) is 9.40. The van der Waals surface area contributed by atoms with Crippen LogP contribution in [0.2, 0.25) is 0 Å². The van der Waals surface area contributed by atoms with E-state index in [1.165, 1.54) is 7.11 Å². The first kappa shape index (κ1) is 9.35. The second-order valence-electron chi connectivity index (χ2n) is 1.63. The van der Waals surface area contributed by atoms with Gasteiger partial charge < -0.3 is 9.84 Å². The van der Waals surface area contributed by atoms with Crippen LogP contribution in [0, 0.1) is 0 Å². The van der Waals surface area contributed by atoms with Gasteiger partial charge in [-0.3, -0.25) is 10.2 Å². The Bertz CT molecular complexity index is 96.9. The molecule has 0 saturated carbocycles. The SMILES string of the molecule is COCNNC(=O)CCO. The Labute approximate surface area is 59.3 Å². The molecule has 0 heterocycles. The third-order valence-corrected chi connectivity index (χ3v) is 0.783. The van der Waals surface area contributed by atoms with E-state index >= 15 is 0 Å². The summed E-state index contributed by atoms with van der Waals surface area (Å²) in [5.41, 5.74) is 4.80. The lowest BCUT2D eigenvalue weighted by molar-refractivity contribution is -0.123. The first-order valence-corrected chi connectivity index (χ1v) is 2.92. The molecule has 0 aliphatic heterocycles. The number of hydrazine groups is 1. The van der Waals surface area contributed by atoms with Gasteiger partial charge in [0.15, 0.2) is 0 Å². The molecular weight excluding hydrogens is 136 g/mol. The fraction of sp³-hybridized carbons (Fsp3) is 0.800. The molecule has 60 valence electrons. The molecule has 0 aromatic rings. The molecule has 0 rings (SSSR count). The summed E-state index contributed by atoms with van der Waals surface area (Å²) in [7, 11) is 1.51. The molecule has 0 saturated heterocycles. The Kier molecular flexibility index (Phi) is 6.05. The van der Waals surface area contributed by atoms with Crippen molar-refractivity contribution in [3.63, 3.8) is 0 Å². The summed E-state index contributed by atoms with van der Waals surface area (Å²) in [6, 6.07) is 0. The minimum absolute atomic E-state index is 0.108. The highest BCUT2D eigenvalue weighted by Gasteiger charge is 1.95. The van der Waals surface area contributed by atoms with Crippen molar-refractivity contribution in [2.24, 2.45) is 0 Å². The molecule has 5 heteroatoms. The lowest BCUT2D eigenvalue weighted by Crippen LogP contribution is -2.38. The summed E-state index contributed by atoms with van der Waals surface area (Å²) in [6.07, 6.45) is 0.108. The maximum absolute atomic E-state index is 10.5. The first-order chi connectivity index (χ1) is 4.81. The van der Waals surface area contributed by atoms with Crippen LogP contribution < -0.4 is 10.9 Å². The Morgan fingerprint density at radius 1 is 1.70 bits per heavy atom. The number of nitrogens with one attached hydrogen (secondary N) is 2. The van der Waals surface area contributed by atoms with Crippen molar-refractivity contribution in [1.82, 2.24) is 10.9 Å². The first-order valence-electron chi connectivity index (χ1n) is 2.92. The molecule has 0 bridgehead atoms. The van der Waals surface area contributed by atoms with Gasteiger partial charge in [0.05, 0.1) is 13.0 Å². The number of rotatable bonds is 5. The number of amides is 1. The van der Waals surface area contributed by atoms with Gasteiger partial charge in [-0.2, -0.15) is 0 Å². The van der Waals surface area contributed by atoms with E-state index in [1.54, 1.807) is 0 Å². The van der Waals surface area contributed by atoms with Crippen molar-refractivity contribution in [2.75, 3.05) is 20.4 Å². The summed E-state index contributed by atoms with van der Waals surface area (Å²) in [6.45, 7) is 0.123. The van der Waals surface area contributed by atoms with Crippen LogP contribution in [0.1, 0.15) is 6.42 Å². The number of methoxy groups -OCH3 is 1. The second-order valence-corrected chi connectivity index (χ2v) is 1.63. The summed E-state index contributed by atoms with van der Waals surface area (Å²) in [5.74, 6) is -0.250. The summed E-state index contributed by atoms with van der Waals surface area (Å²) in [5, 5.41) is 8.27. The molecule has 0 atom stereocenters. The third-order valence-electron chi connectivity index (χ3n) is 0.783. The summed E-state index contributed by atoms with van der Waals surface area (Å²) >= 11 is 0. The highest BCUT2D eigenvalue weighted by molar-refractivity contribution is 5.75. The van der Waals surface area contributed by atoms with Gasteiger partial charge in [-0.1, -0.05) is 0 Å². The number of aliphatic hydroxyl groups excluding tert-OH is 1. The number of hydrogen-bond acceptors (Lipinski definition) is 4. The number of aliphatic hydroxyl groups is 1. The van der Waals surface area contributed by atoms with Gasteiger partial charge in [0.1, 0.15) is 6.73 Å². The van der Waals surface area contributed by atoms with Gasteiger partial charge in [0, 0.05) is 7.11 Å². The van der Waals surface area contributed by atoms with Crippen molar-refractivity contribution < 1.29 is 14.6 Å². The van der Waals surface area contributed by atoms with Crippen LogP contribution in [0.5, 0.6) is 0 Å². The quantitative estimate of drug-likeness (QED) is 0.254. The highest BCUT2D eigenvalue weighted by atomic mass is 16.5. The van der Waals surface area contributed by atoms with Crippen LogP contribution in [-0.4, -0.2) is 31.5 Å². The number of ether oxygens (including phenoxy) is 1. The van der Waals surface area contributed by atoms with E-state index in [0.29, 0.717) is 0 Å². The predicted molar refractivity (Wildman–Crippen MR) is 34.9 cm³/mol. The molecule has 0 aromatic carbocycles. The Hall–Kier alpha value is -0.650. The highest BCUT2D eigenvalue weighted by Crippen LogP contribution is 1.72. The molecule has 5 nitrogen and oxygen atoms in total. The van der Waals surface area contributed by atoms with Gasteiger partial charge in [-0.25, -0.2) is 5.43 Å². The predicted octanol–water partition coefficient (Wildman–Crippen LogP) is -1.41. The zero-order valence-electron chi connectivity index (χ0n) is 5.89. The van der Waals surface area contributed by atoms with Crippen molar-refractivity contribution in [3.8, 4) is 0 Å². The zero-order chi connectivity index (χ0) is 7.82. The van der Waals surface area contributed by atoms with Crippen LogP contribution in [0.25, 0.3) is 0 Å². The number of hydrogen-bond donors (Lipinski definition) is 3. The van der Waals surface area contributed by atoms with Crippen LogP contribution in [0.3, 0.4) is 0 Å². The molecular formula is C5H12N2O3. The monoisotopic (exact) mass is 148 g/mol. The molecule has 0 aliphatic carbocycles. The Balaban J connectivity index is 3.05. The van der Waals surface area contributed by atoms with E-state index in [2.05, 4.69) is 15.6 Å². The van der Waals surface area contributed by atoms with Gasteiger partial charge in [0.2, 0.25) is 5.91 Å². The standard InChI is InChI=1S/C5H12N2O3/c1-10-4-6-7-5(9)2-3-8/h6,8H,2-4H2,1H3,(H,7,9). The molecule has 1 amide bonds. The number of carbonyl (C=O) groups excluding carboxylic acids is 1. The van der Waals surface area contributed by atoms with E-state index < -0.39 is 0 Å². The Morgan fingerprint density at radius 3 is 2.90 bits per heavy atom. The summed E-state index contributed by atoms with van der Waals surface area (Å²) < 4.78 is 4.58. The third kappa shape index (κ3) is 5.49. The van der Waals surface area contributed by atoms with E-state index in [-0.39, 0.29) is 25.7 Å². The molecule has 0 fully saturated rings. The van der Waals surface area contributed by atoms with E-state index in [1.807, 2.05) is 0 Å². The van der Waals surface area contributed by atoms with Gasteiger partial charge in [0.25, 0.3) is 0 Å². The maximum atomic E-state index is 10.5. The lowest BCUT2D eigenvalue weighted by atomic mass is 10.4. The maximum Gasteiger partial charge on any atom is 0.236 e. The van der Waals surface area contributed by atoms with Gasteiger partial charge >= 0.3 is 0 Å². The van der Waals surface area contributed by atoms with Gasteiger partial charge in [-0.05, 0) is 0 Å². The molecule has 3 N–H and O–H groups in total. The van der Waals surface area contributed by atoms with Crippen LogP contribution >= 0.6 is 0 Å². The van der Waals surface area contributed by atoms with E-state index in [0.717, 1.165) is 0 Å². The molecule has 0 aliphatic rings. The Morgan fingerprint density at radius 2 is 2.40 bits per heavy atom. The van der Waals surface area contributed by atoms with E-state index in [9.17, 15) is 4.79 Å². The van der Waals surface area contributed by atoms with Crippen molar-refractivity contribution >= 4 is 5.91 Å². The van der Waals surface area contributed by atoms with Crippen molar-refractivity contribution in [1.29, 1.82) is 0 Å². The summed E-state index contributed by atoms with van der Waals surface area (Å²) in [4.78, 5) is 10.5. The average molecular weight is 148 g/mol.